The number of nitrogens with zero attached hydrogens (tertiary/aromatic N) is 2. The van der Waals surface area contributed by atoms with E-state index in [1.165, 1.54) is 22.5 Å². The number of benzene rings is 2. The average molecular weight is 435 g/mol. The highest BCUT2D eigenvalue weighted by Gasteiger charge is 2.28. The van der Waals surface area contributed by atoms with Crippen LogP contribution in [-0.2, 0) is 21.2 Å². The van der Waals surface area contributed by atoms with Gasteiger partial charge in [-0.05, 0) is 55.5 Å². The molecule has 1 amide bonds. The first kappa shape index (κ1) is 20.7. The number of carbonyl (C=O) groups excluding carboxylic acids is 1. The van der Waals surface area contributed by atoms with Crippen molar-refractivity contribution < 1.29 is 22.0 Å². The predicted molar refractivity (Wildman–Crippen MR) is 110 cm³/mol. The maximum Gasteiger partial charge on any atom is 0.243 e. The highest BCUT2D eigenvalue weighted by Crippen LogP contribution is 2.31. The number of halogens is 2. The minimum Gasteiger partial charge on any atom is -0.360 e. The lowest BCUT2D eigenvalue weighted by Gasteiger charge is -2.31. The summed E-state index contributed by atoms with van der Waals surface area (Å²) in [6.07, 6.45) is 2.92. The third-order valence-corrected chi connectivity index (χ3v) is 7.35. The Hall–Kier alpha value is -2.52. The van der Waals surface area contributed by atoms with Gasteiger partial charge >= 0.3 is 0 Å². The molecule has 0 atom stereocenters. The minimum atomic E-state index is -3.59. The van der Waals surface area contributed by atoms with Crippen LogP contribution < -0.4 is 10.2 Å². The van der Waals surface area contributed by atoms with Crippen LogP contribution in [0.4, 0.5) is 20.2 Å². The Balaban J connectivity index is 1.48. The number of hydrogen-bond acceptors (Lipinski definition) is 4. The first-order valence-electron chi connectivity index (χ1n) is 9.97. The van der Waals surface area contributed by atoms with E-state index in [0.717, 1.165) is 18.9 Å². The van der Waals surface area contributed by atoms with Crippen LogP contribution in [0, 0.1) is 11.6 Å². The number of hydrogen-bond donors (Lipinski definition) is 1. The fraction of sp³-hybridized carbons (Fsp3) is 0.381. The molecule has 0 aromatic heterocycles. The van der Waals surface area contributed by atoms with Crippen molar-refractivity contribution in [1.29, 1.82) is 0 Å². The lowest BCUT2D eigenvalue weighted by Crippen LogP contribution is -2.37. The maximum atomic E-state index is 14.3. The molecule has 0 bridgehead atoms. The number of amides is 1. The molecular formula is C21H23F2N3O3S. The molecule has 2 heterocycles. The fourth-order valence-corrected chi connectivity index (χ4v) is 5.64. The number of carbonyl (C=O) groups is 1. The van der Waals surface area contributed by atoms with Crippen LogP contribution >= 0.6 is 0 Å². The van der Waals surface area contributed by atoms with E-state index in [9.17, 15) is 22.0 Å². The van der Waals surface area contributed by atoms with Gasteiger partial charge in [-0.2, -0.15) is 4.31 Å². The van der Waals surface area contributed by atoms with Gasteiger partial charge in [-0.3, -0.25) is 4.79 Å². The summed E-state index contributed by atoms with van der Waals surface area (Å²) in [4.78, 5) is 14.3. The summed E-state index contributed by atoms with van der Waals surface area (Å²) >= 11 is 0. The van der Waals surface area contributed by atoms with Gasteiger partial charge in [0, 0.05) is 31.4 Å². The highest BCUT2D eigenvalue weighted by molar-refractivity contribution is 7.89. The van der Waals surface area contributed by atoms with Gasteiger partial charge in [0.1, 0.15) is 11.6 Å². The third-order valence-electron chi connectivity index (χ3n) is 5.45. The summed E-state index contributed by atoms with van der Waals surface area (Å²) in [7, 11) is -3.59. The SMILES string of the molecule is O=C(CN1CCCc2cc(F)cc(F)c21)Nc1cccc(S(=O)(=O)N2CCCC2)c1. The summed E-state index contributed by atoms with van der Waals surface area (Å²) in [5.74, 6) is -1.72. The Morgan fingerprint density at radius 2 is 1.80 bits per heavy atom. The summed E-state index contributed by atoms with van der Waals surface area (Å²) in [5.41, 5.74) is 1.16. The molecule has 2 aliphatic rings. The molecule has 30 heavy (non-hydrogen) atoms. The topological polar surface area (TPSA) is 69.7 Å². The predicted octanol–water partition coefficient (Wildman–Crippen LogP) is 3.14. The van der Waals surface area contributed by atoms with Gasteiger partial charge in [-0.1, -0.05) is 6.07 Å². The van der Waals surface area contributed by atoms with Crippen molar-refractivity contribution in [3.05, 3.63) is 53.6 Å². The van der Waals surface area contributed by atoms with Gasteiger partial charge in [-0.15, -0.1) is 0 Å². The van der Waals surface area contributed by atoms with Crippen LogP contribution in [-0.4, -0.2) is 44.8 Å². The second-order valence-corrected chi connectivity index (χ2v) is 9.55. The van der Waals surface area contributed by atoms with Crippen molar-refractivity contribution in [3.63, 3.8) is 0 Å². The molecule has 0 aliphatic carbocycles. The zero-order valence-corrected chi connectivity index (χ0v) is 17.2. The quantitative estimate of drug-likeness (QED) is 0.784. The van der Waals surface area contributed by atoms with Gasteiger partial charge in [0.05, 0.1) is 17.1 Å². The number of anilines is 2. The van der Waals surface area contributed by atoms with E-state index in [4.69, 9.17) is 0 Å². The summed E-state index contributed by atoms with van der Waals surface area (Å²) < 4.78 is 54.7. The number of nitrogens with one attached hydrogen (secondary N) is 1. The molecule has 0 saturated carbocycles. The molecule has 0 radical (unpaired) electrons. The standard InChI is InChI=1S/C21H23F2N3O3S/c22-16-11-15-5-4-8-25(21(15)19(23)12-16)14-20(27)24-17-6-3-7-18(13-17)30(28,29)26-9-1-2-10-26/h3,6-7,11-13H,1-2,4-5,8-10,14H2,(H,24,27). The van der Waals surface area contributed by atoms with Crippen LogP contribution in [0.3, 0.4) is 0 Å². The van der Waals surface area contributed by atoms with E-state index in [-0.39, 0.29) is 17.1 Å². The zero-order valence-electron chi connectivity index (χ0n) is 16.4. The molecule has 0 spiro atoms. The van der Waals surface area contributed by atoms with Gasteiger partial charge in [0.15, 0.2) is 0 Å². The number of aryl methyl sites for hydroxylation is 1. The first-order valence-corrected chi connectivity index (χ1v) is 11.4. The van der Waals surface area contributed by atoms with E-state index in [1.54, 1.807) is 17.0 Å². The molecule has 9 heteroatoms. The second kappa shape index (κ2) is 8.31. The largest absolute Gasteiger partial charge is 0.360 e. The fourth-order valence-electron chi connectivity index (χ4n) is 4.08. The van der Waals surface area contributed by atoms with Crippen molar-refractivity contribution in [2.75, 3.05) is 36.4 Å². The molecule has 1 N–H and O–H groups in total. The molecule has 0 unspecified atom stereocenters. The molecule has 160 valence electrons. The van der Waals surface area contributed by atoms with E-state index >= 15 is 0 Å². The molecule has 4 rings (SSSR count). The van der Waals surface area contributed by atoms with E-state index in [0.29, 0.717) is 43.7 Å². The summed E-state index contributed by atoms with van der Waals surface area (Å²) in [6, 6.07) is 8.26. The first-order chi connectivity index (χ1) is 14.3. The van der Waals surface area contributed by atoms with Crippen LogP contribution in [0.2, 0.25) is 0 Å². The van der Waals surface area contributed by atoms with Crippen molar-refractivity contribution >= 4 is 27.3 Å². The van der Waals surface area contributed by atoms with Gasteiger partial charge < -0.3 is 10.2 Å². The highest BCUT2D eigenvalue weighted by atomic mass is 32.2. The van der Waals surface area contributed by atoms with Gasteiger partial charge in [0.25, 0.3) is 0 Å². The third kappa shape index (κ3) is 4.17. The molecule has 2 aromatic rings. The molecular weight excluding hydrogens is 412 g/mol. The number of sulfonamides is 1. The van der Waals surface area contributed by atoms with E-state index in [2.05, 4.69) is 5.32 Å². The maximum absolute atomic E-state index is 14.3. The van der Waals surface area contributed by atoms with Crippen molar-refractivity contribution in [2.45, 2.75) is 30.6 Å². The molecule has 1 saturated heterocycles. The Morgan fingerprint density at radius 3 is 2.57 bits per heavy atom. The smallest absolute Gasteiger partial charge is 0.243 e. The molecule has 2 aromatic carbocycles. The second-order valence-electron chi connectivity index (χ2n) is 7.61. The lowest BCUT2D eigenvalue weighted by molar-refractivity contribution is -0.115. The van der Waals surface area contributed by atoms with Crippen molar-refractivity contribution in [2.24, 2.45) is 0 Å². The Bertz CT molecular complexity index is 1070. The van der Waals surface area contributed by atoms with E-state index < -0.39 is 27.6 Å². The molecule has 6 nitrogen and oxygen atoms in total. The van der Waals surface area contributed by atoms with Crippen molar-refractivity contribution in [3.8, 4) is 0 Å². The molecule has 1 fully saturated rings. The van der Waals surface area contributed by atoms with Crippen LogP contribution in [0.1, 0.15) is 24.8 Å². The number of rotatable bonds is 5. The van der Waals surface area contributed by atoms with Gasteiger partial charge in [0.2, 0.25) is 15.9 Å². The Morgan fingerprint density at radius 1 is 1.03 bits per heavy atom. The molecule has 2 aliphatic heterocycles. The Labute approximate surface area is 174 Å². The Kier molecular flexibility index (Phi) is 5.75. The minimum absolute atomic E-state index is 0.112. The van der Waals surface area contributed by atoms with Crippen molar-refractivity contribution in [1.82, 2.24) is 4.31 Å². The summed E-state index contributed by atoms with van der Waals surface area (Å²) in [5, 5.41) is 2.69. The lowest BCUT2D eigenvalue weighted by atomic mass is 10.0. The van der Waals surface area contributed by atoms with Crippen LogP contribution in [0.5, 0.6) is 0 Å². The average Bonchev–Trinajstić information content (AvgIpc) is 3.23. The number of fused-ring (bicyclic) bond motifs is 1. The monoisotopic (exact) mass is 435 g/mol. The van der Waals surface area contributed by atoms with Crippen LogP contribution in [0.15, 0.2) is 41.3 Å². The summed E-state index contributed by atoms with van der Waals surface area (Å²) in [6.45, 7) is 1.36. The van der Waals surface area contributed by atoms with E-state index in [1.807, 2.05) is 0 Å². The van der Waals surface area contributed by atoms with Gasteiger partial charge in [-0.25, -0.2) is 17.2 Å². The normalized spacial score (nSPS) is 17.1. The van der Waals surface area contributed by atoms with Crippen LogP contribution in [0.25, 0.3) is 0 Å². The zero-order chi connectivity index (χ0) is 21.3.